The Hall–Kier alpha value is -0.523. The Bertz CT molecular complexity index is 262. The van der Waals surface area contributed by atoms with Crippen LogP contribution in [0.25, 0.3) is 0 Å². The number of allylic oxidation sites excluding steroid dienone is 2. The highest BCUT2D eigenvalue weighted by molar-refractivity contribution is 6.69. The van der Waals surface area contributed by atoms with Gasteiger partial charge in [0.25, 0.3) is 0 Å². The van der Waals surface area contributed by atoms with Crippen molar-refractivity contribution < 1.29 is 4.43 Å². The second-order valence-corrected chi connectivity index (χ2v) is 9.19. The van der Waals surface area contributed by atoms with Gasteiger partial charge in [0, 0.05) is 0 Å². The quantitative estimate of drug-likeness (QED) is 0.499. The summed E-state index contributed by atoms with van der Waals surface area (Å²) in [4.78, 5) is 0. The fraction of sp³-hybridized carbons (Fsp3) is 0.667. The minimum absolute atomic E-state index is 0.604. The summed E-state index contributed by atoms with van der Waals surface area (Å²) < 4.78 is 5.66. The van der Waals surface area contributed by atoms with Crippen LogP contribution < -0.4 is 0 Å². The third-order valence-corrected chi connectivity index (χ3v) is 3.13. The van der Waals surface area contributed by atoms with Crippen molar-refractivity contribution in [2.45, 2.75) is 45.3 Å². The maximum absolute atomic E-state index is 5.66. The van der Waals surface area contributed by atoms with E-state index < -0.39 is 8.32 Å². The van der Waals surface area contributed by atoms with E-state index in [9.17, 15) is 0 Å². The summed E-state index contributed by atoms with van der Waals surface area (Å²) in [5, 5.41) is 0. The molecule has 0 unspecified atom stereocenters. The molecule has 1 aliphatic rings. The molecule has 78 valence electrons. The summed E-state index contributed by atoms with van der Waals surface area (Å²) >= 11 is 0. The monoisotopic (exact) mass is 208 g/mol. The van der Waals surface area contributed by atoms with Gasteiger partial charge in [-0.1, -0.05) is 17.9 Å². The molecule has 0 aliphatic heterocycles. The van der Waals surface area contributed by atoms with Gasteiger partial charge in [0.05, 0.1) is 6.61 Å². The van der Waals surface area contributed by atoms with Crippen LogP contribution in [-0.4, -0.2) is 14.9 Å². The molecule has 0 amide bonds. The van der Waals surface area contributed by atoms with Crippen molar-refractivity contribution >= 4 is 8.32 Å². The third kappa shape index (κ3) is 5.26. The van der Waals surface area contributed by atoms with E-state index in [1.807, 2.05) is 0 Å². The van der Waals surface area contributed by atoms with Crippen LogP contribution in [0.4, 0.5) is 0 Å². The Morgan fingerprint density at radius 1 is 1.36 bits per heavy atom. The molecule has 0 heterocycles. The molecule has 0 aromatic rings. The highest BCUT2D eigenvalue weighted by atomic mass is 28.4. The summed E-state index contributed by atoms with van der Waals surface area (Å²) in [6.45, 7) is 7.17. The van der Waals surface area contributed by atoms with E-state index in [-0.39, 0.29) is 0 Å². The number of hydrogen-bond donors (Lipinski definition) is 0. The van der Waals surface area contributed by atoms with Crippen LogP contribution in [0, 0.1) is 11.8 Å². The molecule has 0 fully saturated rings. The van der Waals surface area contributed by atoms with Crippen molar-refractivity contribution in [1.29, 1.82) is 0 Å². The molecule has 0 atom stereocenters. The lowest BCUT2D eigenvalue weighted by Gasteiger charge is -2.14. The molecular weight excluding hydrogens is 188 g/mol. The van der Waals surface area contributed by atoms with Gasteiger partial charge in [-0.2, -0.15) is 0 Å². The topological polar surface area (TPSA) is 9.23 Å². The highest BCUT2D eigenvalue weighted by Crippen LogP contribution is 2.15. The number of rotatable bonds is 2. The first-order chi connectivity index (χ1) is 6.58. The van der Waals surface area contributed by atoms with Gasteiger partial charge in [-0.3, -0.25) is 0 Å². The second kappa shape index (κ2) is 5.38. The van der Waals surface area contributed by atoms with Crippen LogP contribution in [-0.2, 0) is 4.43 Å². The van der Waals surface area contributed by atoms with Crippen LogP contribution >= 0.6 is 0 Å². The molecule has 0 saturated heterocycles. The molecule has 0 spiro atoms. The lowest BCUT2D eigenvalue weighted by atomic mass is 10.0. The maximum Gasteiger partial charge on any atom is 0.185 e. The summed E-state index contributed by atoms with van der Waals surface area (Å²) in [6, 6.07) is 0. The third-order valence-electron chi connectivity index (χ3n) is 2.12. The zero-order valence-electron chi connectivity index (χ0n) is 9.52. The van der Waals surface area contributed by atoms with Gasteiger partial charge in [-0.25, -0.2) is 0 Å². The molecule has 0 bridgehead atoms. The lowest BCUT2D eigenvalue weighted by molar-refractivity contribution is 0.365. The van der Waals surface area contributed by atoms with Gasteiger partial charge in [0.1, 0.15) is 0 Å². The van der Waals surface area contributed by atoms with Crippen molar-refractivity contribution in [3.8, 4) is 11.8 Å². The van der Waals surface area contributed by atoms with E-state index in [0.717, 1.165) is 0 Å². The van der Waals surface area contributed by atoms with Crippen LogP contribution in [0.5, 0.6) is 0 Å². The van der Waals surface area contributed by atoms with Crippen molar-refractivity contribution in [1.82, 2.24) is 0 Å². The van der Waals surface area contributed by atoms with Crippen LogP contribution in [0.15, 0.2) is 11.6 Å². The molecule has 14 heavy (non-hydrogen) atoms. The zero-order valence-corrected chi connectivity index (χ0v) is 10.5. The van der Waals surface area contributed by atoms with Crippen LogP contribution in [0.3, 0.4) is 0 Å². The van der Waals surface area contributed by atoms with Crippen molar-refractivity contribution in [2.24, 2.45) is 0 Å². The Balaban J connectivity index is 2.29. The Kier molecular flexibility index (Phi) is 4.44. The van der Waals surface area contributed by atoms with Crippen LogP contribution in [0.1, 0.15) is 25.7 Å². The standard InChI is InChI=1S/C12H20OSi/c1-14(2,3)13-11-7-10-12-8-5-4-6-9-12/h8H,4-6,9,11H2,1-3H3. The van der Waals surface area contributed by atoms with Crippen LogP contribution in [0.2, 0.25) is 19.6 Å². The van der Waals surface area contributed by atoms with Gasteiger partial charge in [-0.05, 0) is 50.9 Å². The van der Waals surface area contributed by atoms with Crippen molar-refractivity contribution in [3.05, 3.63) is 11.6 Å². The smallest absolute Gasteiger partial charge is 0.185 e. The fourth-order valence-corrected chi connectivity index (χ4v) is 1.86. The fourth-order valence-electron chi connectivity index (χ4n) is 1.35. The molecule has 1 rings (SSSR count). The number of hydrogen-bond acceptors (Lipinski definition) is 1. The normalized spacial score (nSPS) is 16.9. The van der Waals surface area contributed by atoms with E-state index in [0.29, 0.717) is 6.61 Å². The molecule has 0 saturated carbocycles. The molecule has 0 radical (unpaired) electrons. The second-order valence-electron chi connectivity index (χ2n) is 4.68. The van der Waals surface area contributed by atoms with E-state index in [2.05, 4.69) is 37.6 Å². The molecule has 0 N–H and O–H groups in total. The van der Waals surface area contributed by atoms with Gasteiger partial charge >= 0.3 is 0 Å². The summed E-state index contributed by atoms with van der Waals surface area (Å²) in [6.07, 6.45) is 7.27. The SMILES string of the molecule is C[Si](C)(C)OCC#CC1=CCCCC1. The first kappa shape index (κ1) is 11.6. The molecule has 2 heteroatoms. The van der Waals surface area contributed by atoms with E-state index in [4.69, 9.17) is 4.43 Å². The highest BCUT2D eigenvalue weighted by Gasteiger charge is 2.12. The van der Waals surface area contributed by atoms with Gasteiger partial charge < -0.3 is 4.43 Å². The zero-order chi connectivity index (χ0) is 10.4. The minimum atomic E-state index is -1.37. The summed E-state index contributed by atoms with van der Waals surface area (Å²) in [5.74, 6) is 6.31. The maximum atomic E-state index is 5.66. The first-order valence-electron chi connectivity index (χ1n) is 5.40. The molecule has 1 nitrogen and oxygen atoms in total. The van der Waals surface area contributed by atoms with Gasteiger partial charge in [0.15, 0.2) is 8.32 Å². The predicted octanol–water partition coefficient (Wildman–Crippen LogP) is 3.34. The molecule has 0 aromatic heterocycles. The molecule has 0 aromatic carbocycles. The lowest BCUT2D eigenvalue weighted by Crippen LogP contribution is -2.25. The van der Waals surface area contributed by atoms with Crippen molar-refractivity contribution in [2.75, 3.05) is 6.61 Å². The Labute approximate surface area is 88.7 Å². The van der Waals surface area contributed by atoms with Gasteiger partial charge in [0.2, 0.25) is 0 Å². The Morgan fingerprint density at radius 2 is 2.14 bits per heavy atom. The summed E-state index contributed by atoms with van der Waals surface area (Å²) in [7, 11) is -1.37. The van der Waals surface area contributed by atoms with E-state index in [1.165, 1.54) is 31.3 Å². The predicted molar refractivity (Wildman–Crippen MR) is 63.6 cm³/mol. The summed E-state index contributed by atoms with van der Waals surface area (Å²) in [5.41, 5.74) is 1.32. The van der Waals surface area contributed by atoms with E-state index >= 15 is 0 Å². The molecular formula is C12H20OSi. The van der Waals surface area contributed by atoms with E-state index in [1.54, 1.807) is 0 Å². The average molecular weight is 208 g/mol. The Morgan fingerprint density at radius 3 is 2.71 bits per heavy atom. The van der Waals surface area contributed by atoms with Gasteiger partial charge in [-0.15, -0.1) is 0 Å². The molecule has 1 aliphatic carbocycles. The van der Waals surface area contributed by atoms with Crippen molar-refractivity contribution in [3.63, 3.8) is 0 Å². The average Bonchev–Trinajstić information content (AvgIpc) is 2.13. The first-order valence-corrected chi connectivity index (χ1v) is 8.81. The largest absolute Gasteiger partial charge is 0.407 e. The minimum Gasteiger partial charge on any atom is -0.407 e.